The molecule has 1 N–H and O–H groups in total. The van der Waals surface area contributed by atoms with Gasteiger partial charge in [0.15, 0.2) is 0 Å². The largest absolute Gasteiger partial charge is 0.365 e. The van der Waals surface area contributed by atoms with Crippen molar-refractivity contribution in [2.24, 2.45) is 5.92 Å². The molecule has 2 aromatic heterocycles. The highest BCUT2D eigenvalue weighted by atomic mass is 16.2. The lowest BCUT2D eigenvalue weighted by Gasteiger charge is -2.31. The number of hydrogen-bond acceptors (Lipinski definition) is 5. The molecule has 6 nitrogen and oxygen atoms in total. The lowest BCUT2D eigenvalue weighted by atomic mass is 9.90. The van der Waals surface area contributed by atoms with Crippen molar-refractivity contribution in [1.29, 1.82) is 0 Å². The third kappa shape index (κ3) is 5.16. The second kappa shape index (κ2) is 9.28. The maximum atomic E-state index is 12.8. The van der Waals surface area contributed by atoms with Gasteiger partial charge in [-0.25, -0.2) is 9.97 Å². The Morgan fingerprint density at radius 2 is 1.76 bits per heavy atom. The monoisotopic (exact) mass is 387 g/mol. The summed E-state index contributed by atoms with van der Waals surface area (Å²) in [5, 5.41) is 3.20. The fourth-order valence-electron chi connectivity index (χ4n) is 3.67. The average molecular weight is 387 g/mol. The molecule has 3 heterocycles. The number of carbonyl (C=O) groups excluding carboxylic acids is 1. The number of aromatic nitrogens is 3. The topological polar surface area (TPSA) is 71.0 Å². The minimum Gasteiger partial charge on any atom is -0.365 e. The Kier molecular flexibility index (Phi) is 6.10. The number of amides is 1. The average Bonchev–Trinajstić information content (AvgIpc) is 2.79. The lowest BCUT2D eigenvalue weighted by molar-refractivity contribution is 0.0684. The highest BCUT2D eigenvalue weighted by Crippen LogP contribution is 2.22. The van der Waals surface area contributed by atoms with Crippen molar-refractivity contribution < 1.29 is 4.79 Å². The Hall–Kier alpha value is -3.28. The summed E-state index contributed by atoms with van der Waals surface area (Å²) in [6.45, 7) is 2.17. The van der Waals surface area contributed by atoms with Crippen LogP contribution in [0.25, 0.3) is 0 Å². The van der Waals surface area contributed by atoms with E-state index in [4.69, 9.17) is 0 Å². The Morgan fingerprint density at radius 1 is 0.966 bits per heavy atom. The summed E-state index contributed by atoms with van der Waals surface area (Å²) in [6.07, 6.45) is 9.86. The maximum absolute atomic E-state index is 12.8. The van der Waals surface area contributed by atoms with Crippen LogP contribution < -0.4 is 5.32 Å². The molecule has 1 fully saturated rings. The highest BCUT2D eigenvalue weighted by molar-refractivity contribution is 5.92. The first-order valence-corrected chi connectivity index (χ1v) is 10.1. The predicted octanol–water partition coefficient (Wildman–Crippen LogP) is 3.58. The fourth-order valence-corrected chi connectivity index (χ4v) is 3.67. The number of piperidine rings is 1. The Balaban J connectivity index is 1.27. The normalized spacial score (nSPS) is 14.6. The van der Waals surface area contributed by atoms with Crippen molar-refractivity contribution in [3.8, 4) is 0 Å². The third-order valence-corrected chi connectivity index (χ3v) is 5.34. The van der Waals surface area contributed by atoms with Crippen LogP contribution in [-0.2, 0) is 13.0 Å². The van der Waals surface area contributed by atoms with Gasteiger partial charge in [-0.05, 0) is 42.4 Å². The molecule has 6 heteroatoms. The van der Waals surface area contributed by atoms with E-state index in [0.29, 0.717) is 24.0 Å². The van der Waals surface area contributed by atoms with E-state index < -0.39 is 0 Å². The van der Waals surface area contributed by atoms with Gasteiger partial charge in [0.25, 0.3) is 5.91 Å². The summed E-state index contributed by atoms with van der Waals surface area (Å²) in [6, 6.07) is 14.5. The lowest BCUT2D eigenvalue weighted by Crippen LogP contribution is -2.39. The number of nitrogens with zero attached hydrogens (tertiary/aromatic N) is 4. The van der Waals surface area contributed by atoms with Gasteiger partial charge in [0, 0.05) is 32.0 Å². The van der Waals surface area contributed by atoms with Crippen LogP contribution in [0.5, 0.6) is 0 Å². The second-order valence-electron chi connectivity index (χ2n) is 7.43. The van der Waals surface area contributed by atoms with Crippen molar-refractivity contribution in [2.75, 3.05) is 18.4 Å². The van der Waals surface area contributed by atoms with E-state index >= 15 is 0 Å². The smallest absolute Gasteiger partial charge is 0.274 e. The van der Waals surface area contributed by atoms with Crippen LogP contribution in [0.15, 0.2) is 67.3 Å². The van der Waals surface area contributed by atoms with E-state index in [2.05, 4.69) is 44.5 Å². The molecule has 0 atom stereocenters. The van der Waals surface area contributed by atoms with Crippen LogP contribution in [0.4, 0.5) is 5.82 Å². The molecule has 1 amide bonds. The summed E-state index contributed by atoms with van der Waals surface area (Å²) in [5.74, 6) is 1.24. The minimum absolute atomic E-state index is 0.0329. The number of likely N-dealkylation sites (tertiary alicyclic amines) is 1. The molecule has 4 rings (SSSR count). The van der Waals surface area contributed by atoms with E-state index in [0.717, 1.165) is 37.9 Å². The molecule has 1 saturated heterocycles. The molecule has 0 aliphatic carbocycles. The molecular weight excluding hydrogens is 362 g/mol. The van der Waals surface area contributed by atoms with Crippen molar-refractivity contribution in [2.45, 2.75) is 25.8 Å². The van der Waals surface area contributed by atoms with Crippen molar-refractivity contribution in [3.05, 3.63) is 84.1 Å². The summed E-state index contributed by atoms with van der Waals surface area (Å²) < 4.78 is 0. The van der Waals surface area contributed by atoms with Gasteiger partial charge in [0.1, 0.15) is 11.5 Å². The van der Waals surface area contributed by atoms with Crippen LogP contribution in [0.3, 0.4) is 0 Å². The first-order chi connectivity index (χ1) is 14.3. The third-order valence-electron chi connectivity index (χ3n) is 5.34. The Bertz CT molecular complexity index is 907. The molecule has 3 aromatic rings. The molecule has 0 bridgehead atoms. The number of nitrogens with one attached hydrogen (secondary N) is 1. The second-order valence-corrected chi connectivity index (χ2v) is 7.43. The molecule has 148 valence electrons. The minimum atomic E-state index is -0.0329. The van der Waals surface area contributed by atoms with E-state index in [-0.39, 0.29) is 5.91 Å². The molecule has 1 aliphatic rings. The van der Waals surface area contributed by atoms with Crippen molar-refractivity contribution in [3.63, 3.8) is 0 Å². The number of benzene rings is 1. The van der Waals surface area contributed by atoms with Gasteiger partial charge in [-0.2, -0.15) is 0 Å². The van der Waals surface area contributed by atoms with Gasteiger partial charge in [0.05, 0.1) is 12.4 Å². The zero-order chi connectivity index (χ0) is 19.9. The number of anilines is 1. The molecule has 0 spiro atoms. The zero-order valence-electron chi connectivity index (χ0n) is 16.4. The molecule has 1 aromatic carbocycles. The zero-order valence-corrected chi connectivity index (χ0v) is 16.4. The van der Waals surface area contributed by atoms with Crippen molar-refractivity contribution in [1.82, 2.24) is 19.9 Å². The maximum Gasteiger partial charge on any atom is 0.274 e. The Morgan fingerprint density at radius 3 is 2.45 bits per heavy atom. The van der Waals surface area contributed by atoms with Gasteiger partial charge in [-0.1, -0.05) is 36.4 Å². The molecule has 0 unspecified atom stereocenters. The van der Waals surface area contributed by atoms with Gasteiger partial charge < -0.3 is 10.2 Å². The molecule has 0 radical (unpaired) electrons. The first kappa shape index (κ1) is 19.1. The number of hydrogen-bond donors (Lipinski definition) is 1. The fraction of sp³-hybridized carbons (Fsp3) is 0.304. The van der Waals surface area contributed by atoms with Crippen LogP contribution in [-0.4, -0.2) is 38.8 Å². The van der Waals surface area contributed by atoms with Gasteiger partial charge >= 0.3 is 0 Å². The van der Waals surface area contributed by atoms with E-state index in [1.807, 2.05) is 23.1 Å². The van der Waals surface area contributed by atoms with Crippen LogP contribution in [0.2, 0.25) is 0 Å². The number of carbonyl (C=O) groups is 1. The van der Waals surface area contributed by atoms with Crippen LogP contribution >= 0.6 is 0 Å². The Labute approximate surface area is 171 Å². The van der Waals surface area contributed by atoms with Crippen LogP contribution in [0.1, 0.15) is 34.5 Å². The van der Waals surface area contributed by atoms with Crippen LogP contribution in [0, 0.1) is 5.92 Å². The molecular formula is C23H25N5O. The molecule has 29 heavy (non-hydrogen) atoms. The predicted molar refractivity (Wildman–Crippen MR) is 112 cm³/mol. The highest BCUT2D eigenvalue weighted by Gasteiger charge is 2.24. The first-order valence-electron chi connectivity index (χ1n) is 10.1. The SMILES string of the molecule is O=C(c1cnc(NCc2cccnc2)cn1)N1CCC(Cc2ccccc2)CC1. The molecule has 1 aliphatic heterocycles. The molecule has 0 saturated carbocycles. The van der Waals surface area contributed by atoms with Gasteiger partial charge in [-0.3, -0.25) is 9.78 Å². The van der Waals surface area contributed by atoms with Gasteiger partial charge in [0.2, 0.25) is 0 Å². The number of pyridine rings is 1. The van der Waals surface area contributed by atoms with Gasteiger partial charge in [-0.15, -0.1) is 0 Å². The van der Waals surface area contributed by atoms with E-state index in [1.54, 1.807) is 24.8 Å². The standard InChI is InChI=1S/C23H25N5O/c29-23(28-11-8-19(9-12-28)13-18-5-2-1-3-6-18)21-16-27-22(17-25-21)26-15-20-7-4-10-24-14-20/h1-7,10,14,16-17,19H,8-9,11-13,15H2,(H,26,27). The van der Waals surface area contributed by atoms with E-state index in [1.165, 1.54) is 5.56 Å². The summed E-state index contributed by atoms with van der Waals surface area (Å²) in [5.41, 5.74) is 2.84. The summed E-state index contributed by atoms with van der Waals surface area (Å²) >= 11 is 0. The quantitative estimate of drug-likeness (QED) is 0.700. The number of rotatable bonds is 6. The summed E-state index contributed by atoms with van der Waals surface area (Å²) in [4.78, 5) is 27.4. The van der Waals surface area contributed by atoms with E-state index in [9.17, 15) is 4.79 Å². The summed E-state index contributed by atoms with van der Waals surface area (Å²) in [7, 11) is 0. The van der Waals surface area contributed by atoms with Crippen molar-refractivity contribution >= 4 is 11.7 Å².